The number of hydrogen-bond donors (Lipinski definition) is 2. The summed E-state index contributed by atoms with van der Waals surface area (Å²) in [5.41, 5.74) is 1.47. The van der Waals surface area contributed by atoms with Crippen LogP contribution in [0.3, 0.4) is 0 Å². The first kappa shape index (κ1) is 12.5. The van der Waals surface area contributed by atoms with Crippen molar-refractivity contribution in [2.45, 2.75) is 0 Å². The third kappa shape index (κ3) is 3.21. The van der Waals surface area contributed by atoms with Gasteiger partial charge in [0.1, 0.15) is 5.69 Å². The normalized spacial score (nSPS) is 10.4. The Balaban J connectivity index is 3.08. The van der Waals surface area contributed by atoms with Gasteiger partial charge in [-0.1, -0.05) is 0 Å². The summed E-state index contributed by atoms with van der Waals surface area (Å²) in [6, 6.07) is 3.12. The molecule has 0 saturated heterocycles. The molecule has 0 spiro atoms. The average Bonchev–Trinajstić information content (AvgIpc) is 2.29. The highest BCUT2D eigenvalue weighted by Crippen LogP contribution is 2.28. The summed E-state index contributed by atoms with van der Waals surface area (Å²) < 4.78 is 0. The molecule has 0 aliphatic rings. The van der Waals surface area contributed by atoms with E-state index in [1.165, 1.54) is 6.07 Å². The highest BCUT2D eigenvalue weighted by Gasteiger charge is 2.18. The van der Waals surface area contributed by atoms with Crippen LogP contribution in [0, 0.1) is 20.2 Å². The van der Waals surface area contributed by atoms with Gasteiger partial charge in [0.25, 0.3) is 5.69 Å². The lowest BCUT2D eigenvalue weighted by Gasteiger charge is -2.01. The minimum Gasteiger partial charge on any atom is -0.391 e. The lowest BCUT2D eigenvalue weighted by molar-refractivity contribution is -0.393. The molecule has 0 aliphatic carbocycles. The van der Waals surface area contributed by atoms with E-state index in [1.807, 2.05) is 0 Å². The maximum absolute atomic E-state index is 10.7. The van der Waals surface area contributed by atoms with E-state index in [1.54, 1.807) is 0 Å². The van der Waals surface area contributed by atoms with E-state index in [-0.39, 0.29) is 18.0 Å². The number of aliphatic hydroxyl groups excluding tert-OH is 1. The standard InChI is InChI=1S/C8H8N4O5/c13-4-3-9-10-7-2-1-6(11(14)15)5-8(7)12(16)17/h1-3,5,10,13H,4H2. The summed E-state index contributed by atoms with van der Waals surface area (Å²) in [5.74, 6) is 0. The predicted molar refractivity (Wildman–Crippen MR) is 59.0 cm³/mol. The van der Waals surface area contributed by atoms with Gasteiger partial charge in [0.05, 0.1) is 28.7 Å². The van der Waals surface area contributed by atoms with Crippen molar-refractivity contribution < 1.29 is 15.0 Å². The Kier molecular flexibility index (Phi) is 4.06. The van der Waals surface area contributed by atoms with Crippen LogP contribution in [0.5, 0.6) is 0 Å². The molecule has 0 amide bonds. The van der Waals surface area contributed by atoms with E-state index in [9.17, 15) is 20.2 Å². The van der Waals surface area contributed by atoms with Gasteiger partial charge in [-0.2, -0.15) is 5.10 Å². The molecule has 2 N–H and O–H groups in total. The van der Waals surface area contributed by atoms with Gasteiger partial charge in [-0.3, -0.25) is 25.7 Å². The highest BCUT2D eigenvalue weighted by atomic mass is 16.6. The second-order valence-corrected chi connectivity index (χ2v) is 2.82. The zero-order chi connectivity index (χ0) is 12.8. The molecule has 1 aromatic carbocycles. The lowest BCUT2D eigenvalue weighted by atomic mass is 10.2. The Morgan fingerprint density at radius 3 is 2.59 bits per heavy atom. The molecule has 0 heterocycles. The maximum atomic E-state index is 10.7. The number of aliphatic hydroxyl groups is 1. The Morgan fingerprint density at radius 2 is 2.06 bits per heavy atom. The van der Waals surface area contributed by atoms with Gasteiger partial charge in [0.2, 0.25) is 0 Å². The van der Waals surface area contributed by atoms with Crippen molar-refractivity contribution in [3.05, 3.63) is 38.4 Å². The SMILES string of the molecule is O=[N+]([O-])c1ccc(NN=CCO)c([N+](=O)[O-])c1. The number of nitrogens with one attached hydrogen (secondary N) is 1. The smallest absolute Gasteiger partial charge is 0.301 e. The third-order valence-electron chi connectivity index (χ3n) is 1.75. The first-order valence-corrected chi connectivity index (χ1v) is 4.37. The van der Waals surface area contributed by atoms with Gasteiger partial charge < -0.3 is 5.11 Å². The molecule has 0 aromatic heterocycles. The number of nitrogens with zero attached hydrogens (tertiary/aromatic N) is 3. The molecule has 90 valence electrons. The van der Waals surface area contributed by atoms with Crippen LogP contribution in [0.25, 0.3) is 0 Å². The molecule has 0 bridgehead atoms. The van der Waals surface area contributed by atoms with Crippen LogP contribution in [0.1, 0.15) is 0 Å². The first-order chi connectivity index (χ1) is 8.06. The van der Waals surface area contributed by atoms with Crippen LogP contribution in [-0.2, 0) is 0 Å². The zero-order valence-electron chi connectivity index (χ0n) is 8.44. The Labute approximate surface area is 94.7 Å². The summed E-state index contributed by atoms with van der Waals surface area (Å²) in [6.45, 7) is -0.326. The summed E-state index contributed by atoms with van der Waals surface area (Å²) in [5, 5.41) is 33.0. The van der Waals surface area contributed by atoms with Crippen LogP contribution >= 0.6 is 0 Å². The third-order valence-corrected chi connectivity index (χ3v) is 1.75. The van der Waals surface area contributed by atoms with Gasteiger partial charge in [-0.15, -0.1) is 0 Å². The maximum Gasteiger partial charge on any atom is 0.301 e. The van der Waals surface area contributed by atoms with Gasteiger partial charge in [0.15, 0.2) is 0 Å². The van der Waals surface area contributed by atoms with Crippen LogP contribution in [0.2, 0.25) is 0 Å². The Morgan fingerprint density at radius 1 is 1.35 bits per heavy atom. The fraction of sp³-hybridized carbons (Fsp3) is 0.125. The fourth-order valence-corrected chi connectivity index (χ4v) is 1.04. The zero-order valence-corrected chi connectivity index (χ0v) is 8.44. The van der Waals surface area contributed by atoms with Crippen molar-refractivity contribution in [3.63, 3.8) is 0 Å². The second-order valence-electron chi connectivity index (χ2n) is 2.82. The van der Waals surface area contributed by atoms with Crippen LogP contribution < -0.4 is 5.43 Å². The van der Waals surface area contributed by atoms with Crippen molar-refractivity contribution in [2.24, 2.45) is 5.10 Å². The number of anilines is 1. The van der Waals surface area contributed by atoms with E-state index in [4.69, 9.17) is 5.11 Å². The van der Waals surface area contributed by atoms with E-state index in [2.05, 4.69) is 10.5 Å². The first-order valence-electron chi connectivity index (χ1n) is 4.37. The van der Waals surface area contributed by atoms with Gasteiger partial charge in [-0.25, -0.2) is 0 Å². The number of benzene rings is 1. The molecule has 0 unspecified atom stereocenters. The van der Waals surface area contributed by atoms with Crippen molar-refractivity contribution in [1.29, 1.82) is 0 Å². The number of hydrazone groups is 1. The quantitative estimate of drug-likeness (QED) is 0.446. The summed E-state index contributed by atoms with van der Waals surface area (Å²) >= 11 is 0. The molecule has 9 nitrogen and oxygen atoms in total. The van der Waals surface area contributed by atoms with Crippen molar-refractivity contribution >= 4 is 23.3 Å². The van der Waals surface area contributed by atoms with Crippen LogP contribution in [0.15, 0.2) is 23.3 Å². The van der Waals surface area contributed by atoms with E-state index in [0.29, 0.717) is 0 Å². The fourth-order valence-electron chi connectivity index (χ4n) is 1.04. The molecular weight excluding hydrogens is 232 g/mol. The Hall–Kier alpha value is -2.55. The largest absolute Gasteiger partial charge is 0.391 e. The minimum atomic E-state index is -0.760. The van der Waals surface area contributed by atoms with E-state index in [0.717, 1.165) is 18.3 Å². The number of non-ortho nitro benzene ring substituents is 1. The Bertz CT molecular complexity index is 473. The second kappa shape index (κ2) is 5.51. The molecule has 0 saturated carbocycles. The van der Waals surface area contributed by atoms with Gasteiger partial charge in [0, 0.05) is 6.07 Å². The summed E-state index contributed by atoms with van der Waals surface area (Å²) in [4.78, 5) is 19.6. The monoisotopic (exact) mass is 240 g/mol. The molecule has 17 heavy (non-hydrogen) atoms. The molecular formula is C8H8N4O5. The average molecular weight is 240 g/mol. The van der Waals surface area contributed by atoms with Gasteiger partial charge >= 0.3 is 5.69 Å². The van der Waals surface area contributed by atoms with Crippen molar-refractivity contribution in [1.82, 2.24) is 0 Å². The lowest BCUT2D eigenvalue weighted by Crippen LogP contribution is -1.99. The molecule has 0 radical (unpaired) electrons. The van der Waals surface area contributed by atoms with E-state index < -0.39 is 15.5 Å². The molecule has 1 rings (SSSR count). The molecule has 1 aromatic rings. The minimum absolute atomic E-state index is 0.00491. The molecule has 0 fully saturated rings. The molecule has 0 aliphatic heterocycles. The van der Waals surface area contributed by atoms with Gasteiger partial charge in [-0.05, 0) is 6.07 Å². The number of nitro benzene ring substituents is 2. The topological polar surface area (TPSA) is 131 Å². The van der Waals surface area contributed by atoms with Crippen molar-refractivity contribution in [3.8, 4) is 0 Å². The molecule has 0 atom stereocenters. The van der Waals surface area contributed by atoms with Crippen LogP contribution in [-0.4, -0.2) is 27.8 Å². The summed E-state index contributed by atoms with van der Waals surface area (Å²) in [6.07, 6.45) is 1.09. The highest BCUT2D eigenvalue weighted by molar-refractivity contribution is 5.67. The predicted octanol–water partition coefficient (Wildman–Crippen LogP) is 0.893. The van der Waals surface area contributed by atoms with Crippen LogP contribution in [0.4, 0.5) is 17.1 Å². The van der Waals surface area contributed by atoms with E-state index >= 15 is 0 Å². The van der Waals surface area contributed by atoms with Crippen molar-refractivity contribution in [2.75, 3.05) is 12.0 Å². The number of hydrogen-bond acceptors (Lipinski definition) is 7. The number of rotatable bonds is 5. The summed E-state index contributed by atoms with van der Waals surface area (Å²) in [7, 11) is 0. The number of nitro groups is 2. The molecule has 9 heteroatoms.